The van der Waals surface area contributed by atoms with Crippen LogP contribution in [0.25, 0.3) is 0 Å². The van der Waals surface area contributed by atoms with Crippen LogP contribution in [-0.4, -0.2) is 57.4 Å². The fourth-order valence-electron chi connectivity index (χ4n) is 3.05. The molecule has 1 aromatic heterocycles. The number of morpholine rings is 1. The number of para-hydroxylation sites is 1. The van der Waals surface area contributed by atoms with E-state index in [-0.39, 0.29) is 24.0 Å². The summed E-state index contributed by atoms with van der Waals surface area (Å²) in [5.41, 5.74) is 1.12. The number of thiophene rings is 1. The first-order valence-electron chi connectivity index (χ1n) is 9.75. The predicted octanol–water partition coefficient (Wildman–Crippen LogP) is 3.25. The summed E-state index contributed by atoms with van der Waals surface area (Å²) in [5, 5.41) is 6.74. The third-order valence-electron chi connectivity index (χ3n) is 4.64. The van der Waals surface area contributed by atoms with Gasteiger partial charge in [0.1, 0.15) is 12.4 Å². The van der Waals surface area contributed by atoms with E-state index in [2.05, 4.69) is 45.6 Å². The molecule has 0 radical (unpaired) electrons. The van der Waals surface area contributed by atoms with Gasteiger partial charge in [0.05, 0.1) is 19.8 Å². The number of halogens is 1. The lowest BCUT2D eigenvalue weighted by atomic mass is 10.2. The zero-order valence-corrected chi connectivity index (χ0v) is 20.3. The van der Waals surface area contributed by atoms with E-state index < -0.39 is 0 Å². The molecule has 3 rings (SSSR count). The van der Waals surface area contributed by atoms with Crippen molar-refractivity contribution in [3.8, 4) is 5.75 Å². The van der Waals surface area contributed by atoms with Crippen LogP contribution >= 0.6 is 35.3 Å². The Morgan fingerprint density at radius 1 is 1.14 bits per heavy atom. The number of rotatable bonds is 8. The molecule has 0 atom stereocenters. The van der Waals surface area contributed by atoms with Crippen molar-refractivity contribution in [2.45, 2.75) is 20.0 Å². The minimum Gasteiger partial charge on any atom is -0.492 e. The monoisotopic (exact) mass is 530 g/mol. The summed E-state index contributed by atoms with van der Waals surface area (Å²) in [5.74, 6) is 1.71. The molecule has 1 aromatic carbocycles. The number of aryl methyl sites for hydroxylation is 1. The number of nitrogens with one attached hydrogen (secondary N) is 2. The van der Waals surface area contributed by atoms with E-state index in [1.165, 1.54) is 9.75 Å². The molecule has 160 valence electrons. The van der Waals surface area contributed by atoms with Crippen LogP contribution in [0.15, 0.2) is 41.4 Å². The van der Waals surface area contributed by atoms with E-state index >= 15 is 0 Å². The van der Waals surface area contributed by atoms with E-state index in [0.29, 0.717) is 13.2 Å². The molecule has 0 saturated carbocycles. The molecule has 1 saturated heterocycles. The summed E-state index contributed by atoms with van der Waals surface area (Å²) in [4.78, 5) is 9.32. The van der Waals surface area contributed by atoms with Gasteiger partial charge in [-0.2, -0.15) is 0 Å². The Labute approximate surface area is 194 Å². The number of ether oxygens (including phenoxy) is 2. The van der Waals surface area contributed by atoms with Gasteiger partial charge in [0.15, 0.2) is 5.96 Å². The van der Waals surface area contributed by atoms with Gasteiger partial charge < -0.3 is 20.1 Å². The lowest BCUT2D eigenvalue weighted by Gasteiger charge is -2.26. The normalized spacial score (nSPS) is 14.9. The van der Waals surface area contributed by atoms with Crippen molar-refractivity contribution in [1.29, 1.82) is 0 Å². The van der Waals surface area contributed by atoms with Crippen LogP contribution in [0.3, 0.4) is 0 Å². The van der Waals surface area contributed by atoms with Crippen molar-refractivity contribution in [3.05, 3.63) is 51.7 Å². The van der Waals surface area contributed by atoms with Gasteiger partial charge in [-0.1, -0.05) is 18.2 Å². The zero-order valence-electron chi connectivity index (χ0n) is 17.1. The average molecular weight is 530 g/mol. The van der Waals surface area contributed by atoms with Crippen LogP contribution in [0.2, 0.25) is 0 Å². The van der Waals surface area contributed by atoms with Crippen LogP contribution in [0.5, 0.6) is 5.75 Å². The number of aliphatic imine (C=N–C) groups is 1. The van der Waals surface area contributed by atoms with Crippen molar-refractivity contribution in [3.63, 3.8) is 0 Å². The fraction of sp³-hybridized carbons (Fsp3) is 0.476. The summed E-state index contributed by atoms with van der Waals surface area (Å²) in [6.07, 6.45) is 0. The van der Waals surface area contributed by atoms with Gasteiger partial charge in [0, 0.05) is 48.5 Å². The Kier molecular flexibility index (Phi) is 10.8. The van der Waals surface area contributed by atoms with Crippen molar-refractivity contribution in [2.75, 3.05) is 46.5 Å². The molecule has 0 unspecified atom stereocenters. The molecule has 0 aliphatic carbocycles. The molecule has 6 nitrogen and oxygen atoms in total. The molecule has 2 aromatic rings. The van der Waals surface area contributed by atoms with Gasteiger partial charge in [-0.05, 0) is 25.1 Å². The van der Waals surface area contributed by atoms with Crippen molar-refractivity contribution in [2.24, 2.45) is 4.99 Å². The fourth-order valence-corrected chi connectivity index (χ4v) is 3.88. The van der Waals surface area contributed by atoms with Gasteiger partial charge in [-0.15, -0.1) is 35.3 Å². The molecule has 1 fully saturated rings. The maximum absolute atomic E-state index is 6.06. The van der Waals surface area contributed by atoms with Crippen molar-refractivity contribution in [1.82, 2.24) is 15.5 Å². The van der Waals surface area contributed by atoms with Gasteiger partial charge in [0.25, 0.3) is 0 Å². The summed E-state index contributed by atoms with van der Waals surface area (Å²) in [6, 6.07) is 12.5. The third kappa shape index (κ3) is 8.12. The SMILES string of the molecule is CN=C(NCc1ccc(C)s1)NCc1ccccc1OCCN1CCOCC1.I. The predicted molar refractivity (Wildman–Crippen MR) is 131 cm³/mol. The minimum atomic E-state index is 0. The second-order valence-electron chi connectivity index (χ2n) is 6.70. The Morgan fingerprint density at radius 3 is 2.62 bits per heavy atom. The highest BCUT2D eigenvalue weighted by Gasteiger charge is 2.11. The average Bonchev–Trinajstić information content (AvgIpc) is 3.15. The Balaban J connectivity index is 0.00000300. The lowest BCUT2D eigenvalue weighted by Crippen LogP contribution is -2.38. The maximum Gasteiger partial charge on any atom is 0.191 e. The summed E-state index contributed by atoms with van der Waals surface area (Å²) >= 11 is 1.80. The van der Waals surface area contributed by atoms with Crippen LogP contribution < -0.4 is 15.4 Å². The minimum absolute atomic E-state index is 0. The maximum atomic E-state index is 6.06. The summed E-state index contributed by atoms with van der Waals surface area (Å²) in [6.45, 7) is 8.77. The molecular formula is C21H31IN4O2S. The van der Waals surface area contributed by atoms with E-state index in [4.69, 9.17) is 9.47 Å². The quantitative estimate of drug-likeness (QED) is 0.312. The molecule has 29 heavy (non-hydrogen) atoms. The first kappa shape index (κ1) is 23.9. The van der Waals surface area contributed by atoms with Gasteiger partial charge in [-0.25, -0.2) is 0 Å². The van der Waals surface area contributed by atoms with E-state index in [0.717, 1.165) is 56.7 Å². The molecule has 0 amide bonds. The van der Waals surface area contributed by atoms with Crippen molar-refractivity contribution >= 4 is 41.3 Å². The highest BCUT2D eigenvalue weighted by Crippen LogP contribution is 2.18. The number of hydrogen-bond donors (Lipinski definition) is 2. The number of hydrogen-bond acceptors (Lipinski definition) is 5. The van der Waals surface area contributed by atoms with E-state index in [9.17, 15) is 0 Å². The zero-order chi connectivity index (χ0) is 19.6. The van der Waals surface area contributed by atoms with Gasteiger partial charge >= 0.3 is 0 Å². The molecule has 2 N–H and O–H groups in total. The molecular weight excluding hydrogens is 499 g/mol. The van der Waals surface area contributed by atoms with Crippen LogP contribution in [0, 0.1) is 6.92 Å². The summed E-state index contributed by atoms with van der Waals surface area (Å²) < 4.78 is 11.4. The van der Waals surface area contributed by atoms with Gasteiger partial charge in [0.2, 0.25) is 0 Å². The first-order chi connectivity index (χ1) is 13.7. The first-order valence-corrected chi connectivity index (χ1v) is 10.6. The second kappa shape index (κ2) is 13.0. The molecule has 1 aliphatic rings. The second-order valence-corrected chi connectivity index (χ2v) is 8.07. The Hall–Kier alpha value is -1.36. The number of nitrogens with zero attached hydrogens (tertiary/aromatic N) is 2. The highest BCUT2D eigenvalue weighted by molar-refractivity contribution is 14.0. The third-order valence-corrected chi connectivity index (χ3v) is 5.64. The largest absolute Gasteiger partial charge is 0.492 e. The van der Waals surface area contributed by atoms with Crippen LogP contribution in [0.4, 0.5) is 0 Å². The highest BCUT2D eigenvalue weighted by atomic mass is 127. The topological polar surface area (TPSA) is 58.1 Å². The lowest BCUT2D eigenvalue weighted by molar-refractivity contribution is 0.0322. The van der Waals surface area contributed by atoms with Crippen molar-refractivity contribution < 1.29 is 9.47 Å². The molecule has 2 heterocycles. The molecule has 0 spiro atoms. The number of benzene rings is 1. The number of guanidine groups is 1. The van der Waals surface area contributed by atoms with E-state index in [1.807, 2.05) is 18.2 Å². The summed E-state index contributed by atoms with van der Waals surface area (Å²) in [7, 11) is 1.79. The smallest absolute Gasteiger partial charge is 0.191 e. The molecule has 8 heteroatoms. The standard InChI is InChI=1S/C21H30N4O2S.HI/c1-17-7-8-19(28-17)16-24-21(22-2)23-15-18-5-3-4-6-20(18)27-14-11-25-9-12-26-13-10-25;/h3-8H,9-16H2,1-2H3,(H2,22,23,24);1H. The Bertz CT molecular complexity index is 763. The molecule has 0 bridgehead atoms. The molecule has 1 aliphatic heterocycles. The Morgan fingerprint density at radius 2 is 1.90 bits per heavy atom. The van der Waals surface area contributed by atoms with Crippen LogP contribution in [0.1, 0.15) is 15.3 Å². The van der Waals surface area contributed by atoms with Gasteiger partial charge in [-0.3, -0.25) is 9.89 Å². The van der Waals surface area contributed by atoms with E-state index in [1.54, 1.807) is 18.4 Å². The van der Waals surface area contributed by atoms with Crippen LogP contribution in [-0.2, 0) is 17.8 Å².